The lowest BCUT2D eigenvalue weighted by molar-refractivity contribution is -0.142. The molecule has 0 aliphatic rings. The van der Waals surface area contributed by atoms with Gasteiger partial charge in [0.25, 0.3) is 0 Å². The van der Waals surface area contributed by atoms with Crippen molar-refractivity contribution in [3.05, 3.63) is 71.8 Å². The Kier molecular flexibility index (Phi) is 9.33. The molecular weight excluding hydrogens is 388 g/mol. The van der Waals surface area contributed by atoms with Crippen LogP contribution < -0.4 is 10.6 Å². The summed E-state index contributed by atoms with van der Waals surface area (Å²) in [5, 5.41) is 24.0. The number of amides is 2. The van der Waals surface area contributed by atoms with Gasteiger partial charge in [0, 0.05) is 6.54 Å². The van der Waals surface area contributed by atoms with Crippen molar-refractivity contribution in [2.24, 2.45) is 0 Å². The van der Waals surface area contributed by atoms with Crippen LogP contribution in [0.1, 0.15) is 24.0 Å². The number of aryl methyl sites for hydroxylation is 1. The fourth-order valence-corrected chi connectivity index (χ4v) is 2.73. The lowest BCUT2D eigenvalue weighted by Crippen LogP contribution is -2.43. The van der Waals surface area contributed by atoms with Crippen LogP contribution in [0.5, 0.6) is 0 Å². The van der Waals surface area contributed by atoms with E-state index in [-0.39, 0.29) is 26.0 Å². The van der Waals surface area contributed by atoms with Gasteiger partial charge in [-0.3, -0.25) is 4.79 Å². The normalized spacial score (nSPS) is 12.4. The first-order valence-corrected chi connectivity index (χ1v) is 9.62. The highest BCUT2D eigenvalue weighted by atomic mass is 16.5. The molecule has 2 rings (SSSR count). The van der Waals surface area contributed by atoms with E-state index in [0.29, 0.717) is 6.42 Å². The first kappa shape index (κ1) is 22.9. The number of carboxylic acids is 1. The summed E-state index contributed by atoms with van der Waals surface area (Å²) in [4.78, 5) is 35.1. The molecule has 2 atom stereocenters. The van der Waals surface area contributed by atoms with Gasteiger partial charge in [-0.2, -0.15) is 0 Å². The molecule has 8 heteroatoms. The molecule has 0 fully saturated rings. The summed E-state index contributed by atoms with van der Waals surface area (Å²) in [6, 6.07) is 17.4. The Hall–Kier alpha value is -3.39. The molecule has 0 radical (unpaired) electrons. The van der Waals surface area contributed by atoms with E-state index in [1.165, 1.54) is 0 Å². The summed E-state index contributed by atoms with van der Waals surface area (Å²) in [6.45, 7) is -0.103. The average molecular weight is 414 g/mol. The largest absolute Gasteiger partial charge is 0.480 e. The molecule has 0 saturated carbocycles. The Morgan fingerprint density at radius 2 is 1.53 bits per heavy atom. The van der Waals surface area contributed by atoms with E-state index in [9.17, 15) is 24.6 Å². The molecule has 30 heavy (non-hydrogen) atoms. The second-order valence-electron chi connectivity index (χ2n) is 6.78. The quantitative estimate of drug-likeness (QED) is 0.445. The van der Waals surface area contributed by atoms with Crippen LogP contribution in [0.4, 0.5) is 4.79 Å². The zero-order valence-corrected chi connectivity index (χ0v) is 16.5. The van der Waals surface area contributed by atoms with Gasteiger partial charge in [0.15, 0.2) is 0 Å². The molecule has 160 valence electrons. The monoisotopic (exact) mass is 414 g/mol. The minimum absolute atomic E-state index is 0.0883. The fraction of sp³-hybridized carbons (Fsp3) is 0.318. The molecule has 2 aromatic rings. The Bertz CT molecular complexity index is 813. The van der Waals surface area contributed by atoms with Crippen LogP contribution in [0.3, 0.4) is 0 Å². The number of carboxylic acid groups (broad SMARTS) is 1. The lowest BCUT2D eigenvalue weighted by atomic mass is 10.0. The van der Waals surface area contributed by atoms with E-state index in [2.05, 4.69) is 10.6 Å². The highest BCUT2D eigenvalue weighted by molar-refractivity contribution is 5.83. The summed E-state index contributed by atoms with van der Waals surface area (Å²) in [5.74, 6) is -1.75. The Morgan fingerprint density at radius 1 is 0.933 bits per heavy atom. The van der Waals surface area contributed by atoms with E-state index in [1.54, 1.807) is 0 Å². The number of ether oxygens (including phenoxy) is 1. The SMILES string of the molecule is O=C(C[C@H](O)CNC(=O)OCc1ccccc1)N[C@@H](CCc1ccccc1)C(=O)O. The number of carbonyl (C=O) groups excluding carboxylic acids is 2. The molecule has 4 N–H and O–H groups in total. The maximum atomic E-state index is 12.1. The minimum Gasteiger partial charge on any atom is -0.480 e. The van der Waals surface area contributed by atoms with Crippen molar-refractivity contribution < 1.29 is 29.3 Å². The second kappa shape index (κ2) is 12.2. The molecule has 0 heterocycles. The van der Waals surface area contributed by atoms with Crippen molar-refractivity contribution in [1.82, 2.24) is 10.6 Å². The van der Waals surface area contributed by atoms with Crippen LogP contribution >= 0.6 is 0 Å². The van der Waals surface area contributed by atoms with Crippen LogP contribution in [0.25, 0.3) is 0 Å². The van der Waals surface area contributed by atoms with Crippen LogP contribution in [0.15, 0.2) is 60.7 Å². The third-order valence-electron chi connectivity index (χ3n) is 4.31. The second-order valence-corrected chi connectivity index (χ2v) is 6.78. The van der Waals surface area contributed by atoms with E-state index in [4.69, 9.17) is 4.74 Å². The van der Waals surface area contributed by atoms with Crippen LogP contribution in [-0.4, -0.2) is 46.9 Å². The number of aliphatic carboxylic acids is 1. The number of carbonyl (C=O) groups is 3. The van der Waals surface area contributed by atoms with Crippen LogP contribution in [0, 0.1) is 0 Å². The molecule has 0 aromatic heterocycles. The van der Waals surface area contributed by atoms with Gasteiger partial charge >= 0.3 is 12.1 Å². The van der Waals surface area contributed by atoms with Gasteiger partial charge in [-0.25, -0.2) is 9.59 Å². The zero-order valence-electron chi connectivity index (χ0n) is 16.5. The molecule has 0 bridgehead atoms. The van der Waals surface area contributed by atoms with Crippen molar-refractivity contribution in [2.45, 2.75) is 38.0 Å². The molecule has 2 aromatic carbocycles. The maximum absolute atomic E-state index is 12.1. The Morgan fingerprint density at radius 3 is 2.13 bits per heavy atom. The van der Waals surface area contributed by atoms with Gasteiger partial charge in [0.2, 0.25) is 5.91 Å². The predicted molar refractivity (Wildman–Crippen MR) is 110 cm³/mol. The summed E-state index contributed by atoms with van der Waals surface area (Å²) in [5.41, 5.74) is 1.79. The van der Waals surface area contributed by atoms with E-state index in [1.807, 2.05) is 60.7 Å². The molecule has 0 unspecified atom stereocenters. The Labute approximate surface area is 174 Å². The average Bonchev–Trinajstić information content (AvgIpc) is 2.75. The van der Waals surface area contributed by atoms with Gasteiger partial charge in [-0.05, 0) is 24.0 Å². The highest BCUT2D eigenvalue weighted by Gasteiger charge is 2.21. The van der Waals surface area contributed by atoms with Crippen molar-refractivity contribution in [2.75, 3.05) is 6.54 Å². The fourth-order valence-electron chi connectivity index (χ4n) is 2.73. The lowest BCUT2D eigenvalue weighted by Gasteiger charge is -2.16. The summed E-state index contributed by atoms with van der Waals surface area (Å²) < 4.78 is 5.01. The number of benzene rings is 2. The summed E-state index contributed by atoms with van der Waals surface area (Å²) in [7, 11) is 0. The number of aliphatic hydroxyl groups is 1. The first-order valence-electron chi connectivity index (χ1n) is 9.62. The van der Waals surface area contributed by atoms with Gasteiger partial charge in [-0.15, -0.1) is 0 Å². The standard InChI is InChI=1S/C22H26N2O6/c25-18(14-23-22(29)30-15-17-9-5-2-6-10-17)13-20(26)24-19(21(27)28)12-11-16-7-3-1-4-8-16/h1-10,18-19,25H,11-15H2,(H,23,29)(H,24,26)(H,27,28)/t18-,19-/m0/s1. The van der Waals surface area contributed by atoms with Gasteiger partial charge in [-0.1, -0.05) is 60.7 Å². The van der Waals surface area contributed by atoms with Crippen molar-refractivity contribution in [1.29, 1.82) is 0 Å². The predicted octanol–water partition coefficient (Wildman–Crippen LogP) is 1.87. The number of aliphatic hydroxyl groups excluding tert-OH is 1. The minimum atomic E-state index is -1.17. The van der Waals surface area contributed by atoms with Gasteiger partial charge in [0.1, 0.15) is 12.6 Å². The molecule has 0 spiro atoms. The smallest absolute Gasteiger partial charge is 0.407 e. The van der Waals surface area contributed by atoms with Crippen molar-refractivity contribution >= 4 is 18.0 Å². The molecule has 2 amide bonds. The number of hydrogen-bond donors (Lipinski definition) is 4. The first-order chi connectivity index (χ1) is 14.4. The van der Waals surface area contributed by atoms with Crippen LogP contribution in [0.2, 0.25) is 0 Å². The number of hydrogen-bond acceptors (Lipinski definition) is 5. The Balaban J connectivity index is 1.68. The number of rotatable bonds is 11. The van der Waals surface area contributed by atoms with E-state index in [0.717, 1.165) is 11.1 Å². The molecule has 0 aliphatic heterocycles. The van der Waals surface area contributed by atoms with E-state index < -0.39 is 30.1 Å². The van der Waals surface area contributed by atoms with E-state index >= 15 is 0 Å². The van der Waals surface area contributed by atoms with Gasteiger partial charge in [0.05, 0.1) is 12.5 Å². The molecule has 8 nitrogen and oxygen atoms in total. The third kappa shape index (κ3) is 8.74. The number of alkyl carbamates (subject to hydrolysis) is 1. The maximum Gasteiger partial charge on any atom is 0.407 e. The molecular formula is C22H26N2O6. The van der Waals surface area contributed by atoms with Gasteiger partial charge < -0.3 is 25.6 Å². The third-order valence-corrected chi connectivity index (χ3v) is 4.31. The highest BCUT2D eigenvalue weighted by Crippen LogP contribution is 2.06. The van der Waals surface area contributed by atoms with Crippen molar-refractivity contribution in [3.8, 4) is 0 Å². The topological polar surface area (TPSA) is 125 Å². The molecule has 0 saturated heterocycles. The summed E-state index contributed by atoms with van der Waals surface area (Å²) in [6.07, 6.45) is -1.50. The summed E-state index contributed by atoms with van der Waals surface area (Å²) >= 11 is 0. The van der Waals surface area contributed by atoms with Crippen molar-refractivity contribution in [3.63, 3.8) is 0 Å². The molecule has 0 aliphatic carbocycles. The zero-order chi connectivity index (χ0) is 21.8. The number of nitrogens with one attached hydrogen (secondary N) is 2. The van der Waals surface area contributed by atoms with Crippen LogP contribution in [-0.2, 0) is 27.4 Å².